The van der Waals surface area contributed by atoms with Crippen molar-refractivity contribution in [2.75, 3.05) is 19.6 Å². The van der Waals surface area contributed by atoms with Crippen LogP contribution >= 0.6 is 0 Å². The highest BCUT2D eigenvalue weighted by molar-refractivity contribution is 5.97. The highest BCUT2D eigenvalue weighted by Crippen LogP contribution is 2.17. The zero-order chi connectivity index (χ0) is 15.8. The number of piperidine rings is 1. The van der Waals surface area contributed by atoms with Gasteiger partial charge in [-0.1, -0.05) is 25.1 Å². The van der Waals surface area contributed by atoms with Crippen molar-refractivity contribution in [2.45, 2.75) is 32.2 Å². The number of carbonyl (C=O) groups excluding carboxylic acids is 2. The maximum Gasteiger partial charge on any atom is 0.251 e. The fourth-order valence-corrected chi connectivity index (χ4v) is 2.75. The number of hydrogen-bond acceptors (Lipinski definition) is 3. The monoisotopic (exact) mass is 303 g/mol. The van der Waals surface area contributed by atoms with E-state index in [-0.39, 0.29) is 17.7 Å². The van der Waals surface area contributed by atoms with Gasteiger partial charge in [-0.3, -0.25) is 9.59 Å². The first-order chi connectivity index (χ1) is 10.7. The van der Waals surface area contributed by atoms with Crippen LogP contribution in [0.4, 0.5) is 0 Å². The summed E-state index contributed by atoms with van der Waals surface area (Å²) in [4.78, 5) is 24.8. The largest absolute Gasteiger partial charge is 0.354 e. The minimum absolute atomic E-state index is 0.0713. The van der Waals surface area contributed by atoms with Gasteiger partial charge in [-0.25, -0.2) is 0 Å². The van der Waals surface area contributed by atoms with Crippen molar-refractivity contribution in [3.05, 3.63) is 35.9 Å². The van der Waals surface area contributed by atoms with E-state index in [1.807, 2.05) is 25.1 Å². The number of benzene rings is 1. The molecule has 120 valence electrons. The van der Waals surface area contributed by atoms with Crippen molar-refractivity contribution in [1.29, 1.82) is 0 Å². The van der Waals surface area contributed by atoms with Gasteiger partial charge in [0, 0.05) is 12.1 Å². The fraction of sp³-hybridized carbons (Fsp3) is 0.529. The zero-order valence-corrected chi connectivity index (χ0v) is 13.1. The Morgan fingerprint density at radius 1 is 1.23 bits per heavy atom. The van der Waals surface area contributed by atoms with Gasteiger partial charge in [0.15, 0.2) is 0 Å². The zero-order valence-electron chi connectivity index (χ0n) is 13.1. The molecule has 5 heteroatoms. The van der Waals surface area contributed by atoms with Crippen LogP contribution in [-0.2, 0) is 4.79 Å². The Balaban J connectivity index is 2.06. The summed E-state index contributed by atoms with van der Waals surface area (Å²) in [5, 5.41) is 9.14. The molecular formula is C17H25N3O2. The molecule has 1 aromatic rings. The molecule has 0 aliphatic carbocycles. The van der Waals surface area contributed by atoms with E-state index in [4.69, 9.17) is 0 Å². The number of amides is 2. The standard InChI is InChI=1S/C17H25N3O2/c1-2-10-19-17(22)15(13-8-11-18-12-9-13)20-16(21)14-6-4-3-5-7-14/h3-7,13,15,18H,2,8-12H2,1H3,(H,19,22)(H,20,21). The molecule has 0 aromatic heterocycles. The molecular weight excluding hydrogens is 278 g/mol. The van der Waals surface area contributed by atoms with Crippen LogP contribution in [0, 0.1) is 5.92 Å². The van der Waals surface area contributed by atoms with E-state index in [1.54, 1.807) is 12.1 Å². The summed E-state index contributed by atoms with van der Waals surface area (Å²) in [5.41, 5.74) is 0.588. The SMILES string of the molecule is CCCNC(=O)C(NC(=O)c1ccccc1)C1CCNCC1. The molecule has 5 nitrogen and oxygen atoms in total. The Morgan fingerprint density at radius 3 is 2.55 bits per heavy atom. The minimum atomic E-state index is -0.457. The molecule has 1 fully saturated rings. The highest BCUT2D eigenvalue weighted by Gasteiger charge is 2.30. The first-order valence-corrected chi connectivity index (χ1v) is 8.06. The van der Waals surface area contributed by atoms with Crippen LogP contribution in [-0.4, -0.2) is 37.5 Å². The molecule has 1 aliphatic rings. The lowest BCUT2D eigenvalue weighted by Gasteiger charge is -2.30. The van der Waals surface area contributed by atoms with E-state index in [0.717, 1.165) is 32.4 Å². The van der Waals surface area contributed by atoms with Gasteiger partial charge >= 0.3 is 0 Å². The number of rotatable bonds is 6. The molecule has 2 amide bonds. The Morgan fingerprint density at radius 2 is 1.91 bits per heavy atom. The van der Waals surface area contributed by atoms with Gasteiger partial charge in [0.1, 0.15) is 6.04 Å². The minimum Gasteiger partial charge on any atom is -0.354 e. The second-order valence-corrected chi connectivity index (χ2v) is 5.70. The van der Waals surface area contributed by atoms with Crippen molar-refractivity contribution in [2.24, 2.45) is 5.92 Å². The Labute approximate surface area is 131 Å². The first-order valence-electron chi connectivity index (χ1n) is 8.06. The van der Waals surface area contributed by atoms with Crippen molar-refractivity contribution < 1.29 is 9.59 Å². The summed E-state index contributed by atoms with van der Waals surface area (Å²) in [5.74, 6) is -0.0698. The van der Waals surface area contributed by atoms with E-state index in [9.17, 15) is 9.59 Å². The molecule has 1 saturated heterocycles. The van der Waals surface area contributed by atoms with Crippen molar-refractivity contribution >= 4 is 11.8 Å². The Bertz CT molecular complexity index is 484. The summed E-state index contributed by atoms with van der Waals surface area (Å²) >= 11 is 0. The number of nitrogens with one attached hydrogen (secondary N) is 3. The maximum atomic E-state index is 12.4. The molecule has 3 N–H and O–H groups in total. The van der Waals surface area contributed by atoms with Gasteiger partial charge < -0.3 is 16.0 Å². The lowest BCUT2D eigenvalue weighted by atomic mass is 9.89. The summed E-state index contributed by atoms with van der Waals surface area (Å²) in [6, 6.07) is 8.59. The molecule has 2 rings (SSSR count). The molecule has 1 heterocycles. The van der Waals surface area contributed by atoms with Gasteiger partial charge in [-0.15, -0.1) is 0 Å². The van der Waals surface area contributed by atoms with E-state index in [1.165, 1.54) is 0 Å². The van der Waals surface area contributed by atoms with Gasteiger partial charge in [-0.05, 0) is 50.4 Å². The molecule has 0 spiro atoms. The van der Waals surface area contributed by atoms with Gasteiger partial charge in [0.2, 0.25) is 5.91 Å². The molecule has 1 aliphatic heterocycles. The van der Waals surface area contributed by atoms with Gasteiger partial charge in [-0.2, -0.15) is 0 Å². The fourth-order valence-electron chi connectivity index (χ4n) is 2.75. The van der Waals surface area contributed by atoms with Crippen LogP contribution < -0.4 is 16.0 Å². The average Bonchev–Trinajstić information content (AvgIpc) is 2.59. The molecule has 0 bridgehead atoms. The van der Waals surface area contributed by atoms with Crippen LogP contribution in [0.25, 0.3) is 0 Å². The summed E-state index contributed by atoms with van der Waals surface area (Å²) in [6.45, 7) is 4.44. The Kier molecular flexibility index (Phi) is 6.40. The second-order valence-electron chi connectivity index (χ2n) is 5.70. The number of hydrogen-bond donors (Lipinski definition) is 3. The topological polar surface area (TPSA) is 70.2 Å². The molecule has 0 saturated carbocycles. The predicted molar refractivity (Wildman–Crippen MR) is 86.6 cm³/mol. The van der Waals surface area contributed by atoms with E-state index in [2.05, 4.69) is 16.0 Å². The van der Waals surface area contributed by atoms with Crippen LogP contribution in [0.2, 0.25) is 0 Å². The third kappa shape index (κ3) is 4.56. The van der Waals surface area contributed by atoms with E-state index >= 15 is 0 Å². The van der Waals surface area contributed by atoms with E-state index in [0.29, 0.717) is 12.1 Å². The normalized spacial score (nSPS) is 16.8. The molecule has 1 unspecified atom stereocenters. The average molecular weight is 303 g/mol. The summed E-state index contributed by atoms with van der Waals surface area (Å²) in [7, 11) is 0. The molecule has 0 radical (unpaired) electrons. The quantitative estimate of drug-likeness (QED) is 0.742. The first kappa shape index (κ1) is 16.5. The van der Waals surface area contributed by atoms with Crippen LogP contribution in [0.3, 0.4) is 0 Å². The lowest BCUT2D eigenvalue weighted by molar-refractivity contribution is -0.124. The van der Waals surface area contributed by atoms with Gasteiger partial charge in [0.25, 0.3) is 5.91 Å². The van der Waals surface area contributed by atoms with E-state index < -0.39 is 6.04 Å². The van der Waals surface area contributed by atoms with Crippen molar-refractivity contribution in [1.82, 2.24) is 16.0 Å². The van der Waals surface area contributed by atoms with Crippen LogP contribution in [0.15, 0.2) is 30.3 Å². The van der Waals surface area contributed by atoms with Crippen LogP contribution in [0.1, 0.15) is 36.5 Å². The maximum absolute atomic E-state index is 12.4. The smallest absolute Gasteiger partial charge is 0.251 e. The van der Waals surface area contributed by atoms with Crippen molar-refractivity contribution in [3.8, 4) is 0 Å². The summed E-state index contributed by atoms with van der Waals surface area (Å²) in [6.07, 6.45) is 2.69. The second kappa shape index (κ2) is 8.54. The Hall–Kier alpha value is -1.88. The van der Waals surface area contributed by atoms with Crippen LogP contribution in [0.5, 0.6) is 0 Å². The summed E-state index contributed by atoms with van der Waals surface area (Å²) < 4.78 is 0. The lowest BCUT2D eigenvalue weighted by Crippen LogP contribution is -2.53. The predicted octanol–water partition coefficient (Wildman–Crippen LogP) is 1.31. The number of carbonyl (C=O) groups is 2. The third-order valence-corrected chi connectivity index (χ3v) is 4.01. The third-order valence-electron chi connectivity index (χ3n) is 4.01. The van der Waals surface area contributed by atoms with Gasteiger partial charge in [0.05, 0.1) is 0 Å². The van der Waals surface area contributed by atoms with Crippen molar-refractivity contribution in [3.63, 3.8) is 0 Å². The molecule has 1 aromatic carbocycles. The molecule has 1 atom stereocenters. The molecule has 22 heavy (non-hydrogen) atoms. The highest BCUT2D eigenvalue weighted by atomic mass is 16.2.